The Balaban J connectivity index is 1.57. The number of amides is 4. The van der Waals surface area contributed by atoms with Crippen molar-refractivity contribution in [3.63, 3.8) is 0 Å². The second kappa shape index (κ2) is 8.16. The lowest BCUT2D eigenvalue weighted by molar-refractivity contribution is -0.168. The Kier molecular flexibility index (Phi) is 5.54. The summed E-state index contributed by atoms with van der Waals surface area (Å²) in [5.41, 5.74) is 1.94. The van der Waals surface area contributed by atoms with E-state index < -0.39 is 23.9 Å². The quantitative estimate of drug-likeness (QED) is 0.719. The highest BCUT2D eigenvalue weighted by atomic mass is 35.5. The van der Waals surface area contributed by atoms with E-state index >= 15 is 0 Å². The first-order chi connectivity index (χ1) is 14.8. The van der Waals surface area contributed by atoms with Gasteiger partial charge in [0.05, 0.1) is 23.8 Å². The topological polar surface area (TPSA) is 109 Å². The molecule has 4 rings (SSSR count). The molecule has 1 aromatic carbocycles. The number of nitrogens with zero attached hydrogens (tertiary/aromatic N) is 4. The summed E-state index contributed by atoms with van der Waals surface area (Å²) in [7, 11) is 2.91. The molecule has 2 N–H and O–H groups in total. The van der Waals surface area contributed by atoms with Crippen molar-refractivity contribution < 1.29 is 23.6 Å². The van der Waals surface area contributed by atoms with Crippen LogP contribution in [0.5, 0.6) is 0 Å². The molecule has 164 valence electrons. The lowest BCUT2D eigenvalue weighted by atomic mass is 10.1. The van der Waals surface area contributed by atoms with Crippen molar-refractivity contribution >= 4 is 35.1 Å². The number of urea groups is 1. The van der Waals surface area contributed by atoms with Gasteiger partial charge in [0.2, 0.25) is 0 Å². The van der Waals surface area contributed by atoms with Crippen molar-refractivity contribution in [2.75, 3.05) is 26.0 Å². The number of benzene rings is 1. The van der Waals surface area contributed by atoms with Crippen LogP contribution in [0, 0.1) is 5.82 Å². The summed E-state index contributed by atoms with van der Waals surface area (Å²) >= 11 is 5.77. The van der Waals surface area contributed by atoms with Gasteiger partial charge in [-0.2, -0.15) is 5.10 Å². The third-order valence-corrected chi connectivity index (χ3v) is 5.50. The minimum absolute atomic E-state index is 0.0678. The standard InChI is InChI=1S/C19H20ClFN6O4/c1-22-17(28)15-9-27-16(18(29)25(2)31-15)11-8-26(6-5-14(11)24-27)19(30)23-10-3-4-13(21)12(20)7-10/h3-4,7,15H,5-6,8-9H2,1-2H3,(H,22,28)(H,23,30). The fraction of sp³-hybridized carbons (Fsp3) is 0.368. The van der Waals surface area contributed by atoms with Gasteiger partial charge in [-0.25, -0.2) is 14.2 Å². The molecule has 2 aliphatic heterocycles. The maximum atomic E-state index is 13.3. The number of carbonyl (C=O) groups excluding carboxylic acids is 3. The van der Waals surface area contributed by atoms with Gasteiger partial charge in [0.25, 0.3) is 11.8 Å². The molecule has 0 radical (unpaired) electrons. The number of hydrogen-bond acceptors (Lipinski definition) is 5. The highest BCUT2D eigenvalue weighted by Crippen LogP contribution is 2.27. The zero-order valence-electron chi connectivity index (χ0n) is 16.8. The van der Waals surface area contributed by atoms with Gasteiger partial charge in [0, 0.05) is 38.3 Å². The third-order valence-electron chi connectivity index (χ3n) is 5.21. The lowest BCUT2D eigenvalue weighted by Crippen LogP contribution is -2.41. The van der Waals surface area contributed by atoms with E-state index in [-0.39, 0.29) is 29.7 Å². The fourth-order valence-electron chi connectivity index (χ4n) is 3.62. The average Bonchev–Trinajstić information content (AvgIpc) is 3.05. The van der Waals surface area contributed by atoms with E-state index in [2.05, 4.69) is 15.7 Å². The number of hydrogen-bond donors (Lipinski definition) is 2. The zero-order chi connectivity index (χ0) is 22.3. The fourth-order valence-corrected chi connectivity index (χ4v) is 3.80. The van der Waals surface area contributed by atoms with Gasteiger partial charge in [0.15, 0.2) is 6.10 Å². The number of likely N-dealkylation sites (N-methyl/N-ethyl adjacent to an activating group) is 1. The molecule has 0 spiro atoms. The molecule has 3 heterocycles. The Labute approximate surface area is 181 Å². The first-order valence-electron chi connectivity index (χ1n) is 9.54. The van der Waals surface area contributed by atoms with E-state index in [0.29, 0.717) is 29.9 Å². The number of aromatic nitrogens is 2. The van der Waals surface area contributed by atoms with Gasteiger partial charge in [-0.1, -0.05) is 11.6 Å². The monoisotopic (exact) mass is 450 g/mol. The van der Waals surface area contributed by atoms with Gasteiger partial charge >= 0.3 is 6.03 Å². The van der Waals surface area contributed by atoms with Crippen molar-refractivity contribution in [3.8, 4) is 0 Å². The predicted molar refractivity (Wildman–Crippen MR) is 108 cm³/mol. The molecule has 0 saturated heterocycles. The van der Waals surface area contributed by atoms with E-state index in [4.69, 9.17) is 16.4 Å². The van der Waals surface area contributed by atoms with Crippen LogP contribution in [0.4, 0.5) is 14.9 Å². The number of hydroxylamine groups is 2. The molecule has 31 heavy (non-hydrogen) atoms. The Morgan fingerprint density at radius 1 is 1.35 bits per heavy atom. The minimum atomic E-state index is -0.913. The summed E-state index contributed by atoms with van der Waals surface area (Å²) in [6.45, 7) is 0.595. The van der Waals surface area contributed by atoms with E-state index in [0.717, 1.165) is 5.06 Å². The van der Waals surface area contributed by atoms with E-state index in [1.807, 2.05) is 0 Å². The van der Waals surface area contributed by atoms with Crippen molar-refractivity contribution in [3.05, 3.63) is 46.0 Å². The molecular formula is C19H20ClFN6O4. The summed E-state index contributed by atoms with van der Waals surface area (Å²) in [4.78, 5) is 44.7. The van der Waals surface area contributed by atoms with E-state index in [1.54, 1.807) is 0 Å². The molecule has 0 aliphatic carbocycles. The van der Waals surface area contributed by atoms with E-state index in [9.17, 15) is 18.8 Å². The first kappa shape index (κ1) is 21.1. The highest BCUT2D eigenvalue weighted by Gasteiger charge is 2.37. The molecular weight excluding hydrogens is 431 g/mol. The molecule has 2 aliphatic rings. The number of halogens is 2. The van der Waals surface area contributed by atoms with Crippen LogP contribution in [-0.2, 0) is 29.1 Å². The van der Waals surface area contributed by atoms with Crippen LogP contribution in [0.3, 0.4) is 0 Å². The maximum absolute atomic E-state index is 13.3. The molecule has 12 heteroatoms. The Morgan fingerprint density at radius 2 is 2.13 bits per heavy atom. The molecule has 4 amide bonds. The summed E-state index contributed by atoms with van der Waals surface area (Å²) in [5.74, 6) is -1.41. The van der Waals surface area contributed by atoms with Gasteiger partial charge in [0.1, 0.15) is 11.5 Å². The van der Waals surface area contributed by atoms with Crippen LogP contribution in [0.15, 0.2) is 18.2 Å². The van der Waals surface area contributed by atoms with Crippen LogP contribution in [-0.4, -0.2) is 64.3 Å². The Hall–Kier alpha value is -3.18. The second-order valence-electron chi connectivity index (χ2n) is 7.20. The smallest absolute Gasteiger partial charge is 0.322 e. The second-order valence-corrected chi connectivity index (χ2v) is 7.60. The number of rotatable bonds is 2. The van der Waals surface area contributed by atoms with Crippen LogP contribution in [0.25, 0.3) is 0 Å². The van der Waals surface area contributed by atoms with Crippen molar-refractivity contribution in [1.29, 1.82) is 0 Å². The van der Waals surface area contributed by atoms with Crippen molar-refractivity contribution in [2.24, 2.45) is 0 Å². The Morgan fingerprint density at radius 3 is 2.84 bits per heavy atom. The molecule has 2 aromatic rings. The van der Waals surface area contributed by atoms with Gasteiger partial charge in [-0.3, -0.25) is 19.1 Å². The van der Waals surface area contributed by atoms with E-state index in [1.165, 1.54) is 41.9 Å². The minimum Gasteiger partial charge on any atom is -0.357 e. The van der Waals surface area contributed by atoms with Crippen molar-refractivity contribution in [2.45, 2.75) is 25.6 Å². The summed E-state index contributed by atoms with van der Waals surface area (Å²) < 4.78 is 14.8. The number of carbonyl (C=O) groups is 3. The van der Waals surface area contributed by atoms with Crippen LogP contribution in [0.1, 0.15) is 21.7 Å². The SMILES string of the molecule is CNC(=O)C1Cn2nc3c(c2C(=O)N(C)O1)CN(C(=O)Nc1ccc(F)c(Cl)c1)CC3. The normalized spacial score (nSPS) is 18.2. The van der Waals surface area contributed by atoms with Gasteiger partial charge in [-0.15, -0.1) is 0 Å². The largest absolute Gasteiger partial charge is 0.357 e. The highest BCUT2D eigenvalue weighted by molar-refractivity contribution is 6.31. The lowest BCUT2D eigenvalue weighted by Gasteiger charge is -2.27. The Bertz CT molecular complexity index is 1070. The van der Waals surface area contributed by atoms with Crippen LogP contribution >= 0.6 is 11.6 Å². The summed E-state index contributed by atoms with van der Waals surface area (Å²) in [5, 5.41) is 10.6. The van der Waals surface area contributed by atoms with Crippen LogP contribution in [0.2, 0.25) is 5.02 Å². The van der Waals surface area contributed by atoms with Crippen molar-refractivity contribution in [1.82, 2.24) is 25.1 Å². The molecule has 10 nitrogen and oxygen atoms in total. The molecule has 0 bridgehead atoms. The number of fused-ring (bicyclic) bond motifs is 3. The zero-order valence-corrected chi connectivity index (χ0v) is 17.6. The predicted octanol–water partition coefficient (Wildman–Crippen LogP) is 1.40. The molecule has 1 unspecified atom stereocenters. The molecule has 1 aromatic heterocycles. The average molecular weight is 451 g/mol. The maximum Gasteiger partial charge on any atom is 0.322 e. The molecule has 1 atom stereocenters. The van der Waals surface area contributed by atoms with Gasteiger partial charge in [-0.05, 0) is 18.2 Å². The number of nitrogens with one attached hydrogen (secondary N) is 2. The summed E-state index contributed by atoms with van der Waals surface area (Å²) in [6, 6.07) is 3.49. The molecule has 0 fully saturated rings. The number of anilines is 1. The molecule has 0 saturated carbocycles. The first-order valence-corrected chi connectivity index (χ1v) is 9.92. The van der Waals surface area contributed by atoms with Crippen LogP contribution < -0.4 is 10.6 Å². The van der Waals surface area contributed by atoms with Gasteiger partial charge < -0.3 is 15.5 Å². The summed E-state index contributed by atoms with van der Waals surface area (Å²) in [6.07, 6.45) is -0.473. The third kappa shape index (κ3) is 3.93.